The monoisotopic (exact) mass is 280 g/mol. The van der Waals surface area contributed by atoms with Crippen LogP contribution in [0, 0.1) is 0 Å². The molecule has 0 amide bonds. The molecule has 0 fully saturated rings. The molecule has 0 aromatic carbocycles. The number of hydrogen-bond donors (Lipinski definition) is 0. The molecule has 0 unspecified atom stereocenters. The highest BCUT2D eigenvalue weighted by molar-refractivity contribution is 6.42. The van der Waals surface area contributed by atoms with Gasteiger partial charge in [0.15, 0.2) is 5.03 Å². The van der Waals surface area contributed by atoms with Crippen molar-refractivity contribution in [2.24, 2.45) is 0 Å². The second-order valence-electron chi connectivity index (χ2n) is 3.61. The molecule has 0 radical (unpaired) electrons. The Labute approximate surface area is 111 Å². The normalized spacial score (nSPS) is 11.8. The van der Waals surface area contributed by atoms with Crippen LogP contribution in [0.2, 0.25) is 0 Å². The number of carbonyl (C=O) groups excluding carboxylic acids is 2. The Morgan fingerprint density at radius 3 is 1.89 bits per heavy atom. The number of ether oxygens (including phenoxy) is 2. The van der Waals surface area contributed by atoms with Gasteiger partial charge >= 0.3 is 11.9 Å². The van der Waals surface area contributed by atoms with Crippen molar-refractivity contribution in [2.75, 3.05) is 13.2 Å². The van der Waals surface area contributed by atoms with Crippen molar-refractivity contribution < 1.29 is 23.5 Å². The molecule has 0 heterocycles. The third-order valence-electron chi connectivity index (χ3n) is 2.01. The summed E-state index contributed by atoms with van der Waals surface area (Å²) in [4.78, 5) is 22.4. The molecule has 18 heavy (non-hydrogen) atoms. The Morgan fingerprint density at radius 2 is 1.44 bits per heavy atom. The van der Waals surface area contributed by atoms with E-state index < -0.39 is 22.8 Å². The lowest BCUT2D eigenvalue weighted by atomic mass is 10.3. The van der Waals surface area contributed by atoms with E-state index in [1.54, 1.807) is 0 Å². The molecule has 0 aliphatic rings. The first-order valence-electron chi connectivity index (χ1n) is 5.94. The van der Waals surface area contributed by atoms with Gasteiger partial charge in [-0.1, -0.05) is 38.3 Å². The maximum Gasteiger partial charge on any atom is 0.369 e. The summed E-state index contributed by atoms with van der Waals surface area (Å²) < 4.78 is 22.6. The molecule has 0 bridgehead atoms. The molecule has 104 valence electrons. The predicted molar refractivity (Wildman–Crippen MR) is 65.7 cm³/mol. The highest BCUT2D eigenvalue weighted by Gasteiger charge is 2.22. The van der Waals surface area contributed by atoms with Crippen LogP contribution >= 0.6 is 11.6 Å². The lowest BCUT2D eigenvalue weighted by molar-refractivity contribution is -0.143. The fourth-order valence-corrected chi connectivity index (χ4v) is 1.06. The largest absolute Gasteiger partial charge is 0.461 e. The van der Waals surface area contributed by atoms with Crippen LogP contribution in [0.15, 0.2) is 10.9 Å². The molecular formula is C12H18ClFO4. The Balaban J connectivity index is 4.30. The fraction of sp³-hybridized carbons (Fsp3) is 0.667. The van der Waals surface area contributed by atoms with Crippen molar-refractivity contribution in [3.63, 3.8) is 0 Å². The molecule has 0 saturated carbocycles. The molecule has 0 spiro atoms. The first-order chi connectivity index (χ1) is 8.54. The molecule has 0 aromatic heterocycles. The van der Waals surface area contributed by atoms with Crippen LogP contribution in [0.1, 0.15) is 39.5 Å². The fourth-order valence-electron chi connectivity index (χ4n) is 0.924. The Bertz CT molecular complexity index is 285. The van der Waals surface area contributed by atoms with Gasteiger partial charge in [0.05, 0.1) is 13.2 Å². The van der Waals surface area contributed by atoms with Gasteiger partial charge in [0.2, 0.25) is 5.83 Å². The van der Waals surface area contributed by atoms with Crippen LogP contribution in [0.5, 0.6) is 0 Å². The topological polar surface area (TPSA) is 52.6 Å². The zero-order valence-corrected chi connectivity index (χ0v) is 11.4. The van der Waals surface area contributed by atoms with Crippen molar-refractivity contribution >= 4 is 23.5 Å². The molecule has 0 aliphatic carbocycles. The van der Waals surface area contributed by atoms with Crippen molar-refractivity contribution in [1.82, 2.24) is 0 Å². The summed E-state index contributed by atoms with van der Waals surface area (Å²) >= 11 is 5.40. The van der Waals surface area contributed by atoms with Gasteiger partial charge in [0.25, 0.3) is 0 Å². The second-order valence-corrected chi connectivity index (χ2v) is 3.98. The van der Waals surface area contributed by atoms with Gasteiger partial charge in [0, 0.05) is 0 Å². The minimum absolute atomic E-state index is 0.0950. The molecule has 0 atom stereocenters. The summed E-state index contributed by atoms with van der Waals surface area (Å²) in [6, 6.07) is 0. The van der Waals surface area contributed by atoms with E-state index in [-0.39, 0.29) is 13.2 Å². The molecule has 0 saturated heterocycles. The van der Waals surface area contributed by atoms with E-state index in [0.717, 1.165) is 12.8 Å². The number of esters is 2. The zero-order chi connectivity index (χ0) is 14.0. The van der Waals surface area contributed by atoms with Gasteiger partial charge in [-0.15, -0.1) is 0 Å². The number of hydrogen-bond acceptors (Lipinski definition) is 4. The van der Waals surface area contributed by atoms with Crippen LogP contribution in [-0.2, 0) is 19.1 Å². The summed E-state index contributed by atoms with van der Waals surface area (Å²) in [7, 11) is 0. The van der Waals surface area contributed by atoms with Gasteiger partial charge in [0.1, 0.15) is 0 Å². The van der Waals surface area contributed by atoms with E-state index in [2.05, 4.69) is 9.47 Å². The Hall–Kier alpha value is -1.10. The standard InChI is InChI=1S/C12H18ClFO4/c1-3-5-7-17-11(15)9(13)10(14)12(16)18-8-6-4-2/h3-8H2,1-2H3/b10-9-. The summed E-state index contributed by atoms with van der Waals surface area (Å²) in [5, 5.41) is -0.868. The van der Waals surface area contributed by atoms with E-state index in [4.69, 9.17) is 11.6 Å². The zero-order valence-electron chi connectivity index (χ0n) is 10.6. The smallest absolute Gasteiger partial charge is 0.369 e. The summed E-state index contributed by atoms with van der Waals surface area (Å²) in [5.41, 5.74) is 0. The highest BCUT2D eigenvalue weighted by Crippen LogP contribution is 2.15. The van der Waals surface area contributed by atoms with Crippen LogP contribution in [0.25, 0.3) is 0 Å². The van der Waals surface area contributed by atoms with E-state index in [1.165, 1.54) is 0 Å². The maximum absolute atomic E-state index is 13.3. The second kappa shape index (κ2) is 9.88. The van der Waals surface area contributed by atoms with Gasteiger partial charge in [-0.25, -0.2) is 9.59 Å². The van der Waals surface area contributed by atoms with Crippen molar-refractivity contribution in [2.45, 2.75) is 39.5 Å². The van der Waals surface area contributed by atoms with Crippen molar-refractivity contribution in [1.29, 1.82) is 0 Å². The third-order valence-corrected chi connectivity index (χ3v) is 2.33. The van der Waals surface area contributed by atoms with Crippen LogP contribution < -0.4 is 0 Å². The van der Waals surface area contributed by atoms with Crippen molar-refractivity contribution in [3.05, 3.63) is 10.9 Å². The number of halogens is 2. The first kappa shape index (κ1) is 16.9. The number of unbranched alkanes of at least 4 members (excludes halogenated alkanes) is 2. The molecule has 6 heteroatoms. The Morgan fingerprint density at radius 1 is 1.00 bits per heavy atom. The number of carbonyl (C=O) groups is 2. The van der Waals surface area contributed by atoms with E-state index in [0.29, 0.717) is 12.8 Å². The van der Waals surface area contributed by atoms with Crippen LogP contribution in [0.3, 0.4) is 0 Å². The van der Waals surface area contributed by atoms with Crippen molar-refractivity contribution in [3.8, 4) is 0 Å². The molecule has 0 N–H and O–H groups in total. The molecule has 0 aliphatic heterocycles. The van der Waals surface area contributed by atoms with Crippen LogP contribution in [0.4, 0.5) is 4.39 Å². The lowest BCUT2D eigenvalue weighted by Gasteiger charge is -2.05. The average Bonchev–Trinajstić information content (AvgIpc) is 2.37. The van der Waals surface area contributed by atoms with Gasteiger partial charge < -0.3 is 9.47 Å². The quantitative estimate of drug-likeness (QED) is 0.389. The summed E-state index contributed by atoms with van der Waals surface area (Å²) in [6.07, 6.45) is 2.91. The van der Waals surface area contributed by atoms with E-state index in [1.807, 2.05) is 13.8 Å². The third kappa shape index (κ3) is 6.59. The summed E-state index contributed by atoms with van der Waals surface area (Å²) in [5.74, 6) is -3.69. The molecule has 0 rings (SSSR count). The minimum Gasteiger partial charge on any atom is -0.461 e. The lowest BCUT2D eigenvalue weighted by Crippen LogP contribution is -2.13. The first-order valence-corrected chi connectivity index (χ1v) is 6.31. The van der Waals surface area contributed by atoms with E-state index >= 15 is 0 Å². The molecular weight excluding hydrogens is 263 g/mol. The average molecular weight is 281 g/mol. The predicted octanol–water partition coefficient (Wildman–Crippen LogP) is 3.09. The van der Waals surface area contributed by atoms with Crippen LogP contribution in [-0.4, -0.2) is 25.2 Å². The minimum atomic E-state index is -1.41. The van der Waals surface area contributed by atoms with E-state index in [9.17, 15) is 14.0 Å². The number of rotatable bonds is 8. The summed E-state index contributed by atoms with van der Waals surface area (Å²) in [6.45, 7) is 4.05. The maximum atomic E-state index is 13.3. The van der Waals surface area contributed by atoms with Gasteiger partial charge in [-0.3, -0.25) is 0 Å². The van der Waals surface area contributed by atoms with Gasteiger partial charge in [-0.2, -0.15) is 4.39 Å². The highest BCUT2D eigenvalue weighted by atomic mass is 35.5. The molecule has 0 aromatic rings. The molecule has 4 nitrogen and oxygen atoms in total. The SMILES string of the molecule is CCCCOC(=O)/C(F)=C(/Cl)C(=O)OCCCC. The Kier molecular flexibility index (Phi) is 9.28. The van der Waals surface area contributed by atoms with Gasteiger partial charge in [-0.05, 0) is 12.8 Å².